The van der Waals surface area contributed by atoms with E-state index in [4.69, 9.17) is 5.11 Å². The molecule has 0 radical (unpaired) electrons. The molecule has 4 heteroatoms. The summed E-state index contributed by atoms with van der Waals surface area (Å²) in [7, 11) is 0. The van der Waals surface area contributed by atoms with Crippen LogP contribution in [0, 0.1) is 0 Å². The second kappa shape index (κ2) is 3.04. The lowest BCUT2D eigenvalue weighted by Gasteiger charge is -2.02. The average molecular weight is 198 g/mol. The van der Waals surface area contributed by atoms with Crippen molar-refractivity contribution in [2.24, 2.45) is 0 Å². The summed E-state index contributed by atoms with van der Waals surface area (Å²) in [6.07, 6.45) is -3.17. The molecular formula is C10H8F2O2. The molecule has 2 nitrogen and oxygen atoms in total. The van der Waals surface area contributed by atoms with Crippen molar-refractivity contribution in [3.63, 3.8) is 0 Å². The first-order valence-corrected chi connectivity index (χ1v) is 4.24. The molecule has 1 aromatic rings. The zero-order valence-corrected chi connectivity index (χ0v) is 7.21. The van der Waals surface area contributed by atoms with E-state index < -0.39 is 18.3 Å². The number of carbonyl (C=O) groups is 1. The zero-order valence-electron chi connectivity index (χ0n) is 7.21. The van der Waals surface area contributed by atoms with E-state index in [-0.39, 0.29) is 17.5 Å². The molecule has 1 aliphatic carbocycles. The fraction of sp³-hybridized carbons (Fsp3) is 0.300. The number of hydrogen-bond acceptors (Lipinski definition) is 1. The first kappa shape index (κ1) is 9.12. The number of aromatic carboxylic acids is 1. The maximum absolute atomic E-state index is 13.1. The van der Waals surface area contributed by atoms with Crippen molar-refractivity contribution in [1.82, 2.24) is 0 Å². The van der Waals surface area contributed by atoms with E-state index in [0.29, 0.717) is 5.56 Å². The Morgan fingerprint density at radius 3 is 2.79 bits per heavy atom. The van der Waals surface area contributed by atoms with E-state index in [2.05, 4.69) is 0 Å². The van der Waals surface area contributed by atoms with Gasteiger partial charge in [0.25, 0.3) is 0 Å². The third-order valence-corrected chi connectivity index (χ3v) is 2.42. The topological polar surface area (TPSA) is 37.3 Å². The van der Waals surface area contributed by atoms with Crippen molar-refractivity contribution in [3.8, 4) is 0 Å². The number of benzene rings is 1. The molecule has 0 heterocycles. The first-order valence-electron chi connectivity index (χ1n) is 4.24. The molecule has 1 aromatic carbocycles. The Bertz CT molecular complexity index is 390. The number of hydrogen-bond donors (Lipinski definition) is 1. The highest BCUT2D eigenvalue weighted by Crippen LogP contribution is 2.36. The maximum Gasteiger partial charge on any atom is 0.335 e. The summed E-state index contributed by atoms with van der Waals surface area (Å²) in [6.45, 7) is 0. The lowest BCUT2D eigenvalue weighted by atomic mass is 10.1. The van der Waals surface area contributed by atoms with Gasteiger partial charge in [0.1, 0.15) is 6.17 Å². The van der Waals surface area contributed by atoms with Gasteiger partial charge in [0, 0.05) is 6.42 Å². The highest BCUT2D eigenvalue weighted by atomic mass is 19.2. The summed E-state index contributed by atoms with van der Waals surface area (Å²) in [5, 5.41) is 8.66. The van der Waals surface area contributed by atoms with Crippen molar-refractivity contribution in [2.45, 2.75) is 18.8 Å². The largest absolute Gasteiger partial charge is 0.478 e. The van der Waals surface area contributed by atoms with Crippen molar-refractivity contribution in [1.29, 1.82) is 0 Å². The van der Waals surface area contributed by atoms with Crippen LogP contribution < -0.4 is 0 Å². The third-order valence-electron chi connectivity index (χ3n) is 2.42. The van der Waals surface area contributed by atoms with E-state index in [0.717, 1.165) is 0 Å². The molecule has 2 atom stereocenters. The third kappa shape index (κ3) is 1.27. The average Bonchev–Trinajstić information content (AvgIpc) is 2.42. The predicted octanol–water partition coefficient (Wildman–Crippen LogP) is 2.29. The van der Waals surface area contributed by atoms with Crippen LogP contribution in [-0.4, -0.2) is 17.2 Å². The van der Waals surface area contributed by atoms with Gasteiger partial charge in [-0.3, -0.25) is 0 Å². The van der Waals surface area contributed by atoms with Gasteiger partial charge in [0.15, 0.2) is 6.17 Å². The summed E-state index contributed by atoms with van der Waals surface area (Å²) >= 11 is 0. The van der Waals surface area contributed by atoms with Gasteiger partial charge in [-0.05, 0) is 23.3 Å². The predicted molar refractivity (Wildman–Crippen MR) is 45.9 cm³/mol. The highest BCUT2D eigenvalue weighted by molar-refractivity contribution is 5.88. The van der Waals surface area contributed by atoms with Crippen molar-refractivity contribution < 1.29 is 18.7 Å². The number of carboxylic acids is 1. The quantitative estimate of drug-likeness (QED) is 0.751. The van der Waals surface area contributed by atoms with Crippen LogP contribution in [0.3, 0.4) is 0 Å². The van der Waals surface area contributed by atoms with Crippen LogP contribution in [0.2, 0.25) is 0 Å². The van der Waals surface area contributed by atoms with Crippen molar-refractivity contribution in [3.05, 3.63) is 34.9 Å². The number of carboxylic acid groups (broad SMARTS) is 1. The maximum atomic E-state index is 13.1. The van der Waals surface area contributed by atoms with E-state index in [1.54, 1.807) is 0 Å². The van der Waals surface area contributed by atoms with Crippen LogP contribution in [0.25, 0.3) is 0 Å². The Kier molecular flexibility index (Phi) is 1.98. The molecule has 2 unspecified atom stereocenters. The first-order chi connectivity index (χ1) is 6.59. The summed E-state index contributed by atoms with van der Waals surface area (Å²) in [5.41, 5.74) is 0.817. The summed E-state index contributed by atoms with van der Waals surface area (Å²) < 4.78 is 26.0. The smallest absolute Gasteiger partial charge is 0.335 e. The molecule has 0 aromatic heterocycles. The van der Waals surface area contributed by atoms with E-state index >= 15 is 0 Å². The number of fused-ring (bicyclic) bond motifs is 1. The van der Waals surface area contributed by atoms with Gasteiger partial charge in [-0.2, -0.15) is 0 Å². The lowest BCUT2D eigenvalue weighted by Crippen LogP contribution is -2.01. The Morgan fingerprint density at radius 2 is 2.14 bits per heavy atom. The van der Waals surface area contributed by atoms with Crippen LogP contribution in [0.4, 0.5) is 8.78 Å². The molecule has 0 bridgehead atoms. The van der Waals surface area contributed by atoms with E-state index in [9.17, 15) is 13.6 Å². The fourth-order valence-corrected chi connectivity index (χ4v) is 1.69. The normalized spacial score (nSPS) is 24.7. The molecule has 2 rings (SSSR count). The molecule has 1 N–H and O–H groups in total. The van der Waals surface area contributed by atoms with Crippen LogP contribution in [-0.2, 0) is 6.42 Å². The number of alkyl halides is 2. The minimum Gasteiger partial charge on any atom is -0.478 e. The molecule has 0 saturated carbocycles. The van der Waals surface area contributed by atoms with Gasteiger partial charge in [0.05, 0.1) is 5.56 Å². The Labute approximate surface area is 79.2 Å². The minimum absolute atomic E-state index is 0.0301. The number of rotatable bonds is 1. The van der Waals surface area contributed by atoms with Gasteiger partial charge in [-0.1, -0.05) is 6.07 Å². The second-order valence-electron chi connectivity index (χ2n) is 3.34. The molecule has 14 heavy (non-hydrogen) atoms. The van der Waals surface area contributed by atoms with Gasteiger partial charge in [0.2, 0.25) is 0 Å². The lowest BCUT2D eigenvalue weighted by molar-refractivity contribution is 0.0696. The van der Waals surface area contributed by atoms with Gasteiger partial charge >= 0.3 is 5.97 Å². The molecule has 0 aliphatic heterocycles. The Morgan fingerprint density at radius 1 is 1.43 bits per heavy atom. The van der Waals surface area contributed by atoms with Crippen LogP contribution in [0.5, 0.6) is 0 Å². The highest BCUT2D eigenvalue weighted by Gasteiger charge is 2.32. The van der Waals surface area contributed by atoms with Gasteiger partial charge in [-0.25, -0.2) is 13.6 Å². The standard InChI is InChI=1S/C10H8F2O2/c11-8-4-6-3-5(10(13)14)1-2-7(6)9(8)12/h1-3,8-9H,4H2,(H,13,14). The van der Waals surface area contributed by atoms with Crippen LogP contribution in [0.1, 0.15) is 27.7 Å². The van der Waals surface area contributed by atoms with Gasteiger partial charge < -0.3 is 5.11 Å². The number of halogens is 2. The second-order valence-corrected chi connectivity index (χ2v) is 3.34. The molecular weight excluding hydrogens is 190 g/mol. The van der Waals surface area contributed by atoms with Crippen LogP contribution >= 0.6 is 0 Å². The Hall–Kier alpha value is -1.45. The molecule has 0 amide bonds. The summed E-state index contributed by atoms with van der Waals surface area (Å²) in [6, 6.07) is 3.98. The molecule has 74 valence electrons. The van der Waals surface area contributed by atoms with E-state index in [1.165, 1.54) is 18.2 Å². The molecule has 0 spiro atoms. The molecule has 0 fully saturated rings. The summed E-state index contributed by atoms with van der Waals surface area (Å²) in [4.78, 5) is 10.6. The monoisotopic (exact) mass is 198 g/mol. The van der Waals surface area contributed by atoms with Gasteiger partial charge in [-0.15, -0.1) is 0 Å². The SMILES string of the molecule is O=C(O)c1ccc2c(c1)CC(F)C2F. The zero-order chi connectivity index (χ0) is 10.3. The fourth-order valence-electron chi connectivity index (χ4n) is 1.69. The molecule has 1 aliphatic rings. The van der Waals surface area contributed by atoms with Crippen molar-refractivity contribution in [2.75, 3.05) is 0 Å². The minimum atomic E-state index is -1.60. The van der Waals surface area contributed by atoms with Crippen molar-refractivity contribution >= 4 is 5.97 Å². The van der Waals surface area contributed by atoms with E-state index in [1.807, 2.05) is 0 Å². The summed E-state index contributed by atoms with van der Waals surface area (Å²) in [5.74, 6) is -1.08. The van der Waals surface area contributed by atoms with Crippen LogP contribution in [0.15, 0.2) is 18.2 Å². The molecule has 0 saturated heterocycles. The Balaban J connectivity index is 2.44.